The highest BCUT2D eigenvalue weighted by molar-refractivity contribution is 5.75. The number of pyridine rings is 1. The topological polar surface area (TPSA) is 145 Å². The molecule has 5 atom stereocenters. The second kappa shape index (κ2) is 12.6. The summed E-state index contributed by atoms with van der Waals surface area (Å²) in [5.41, 5.74) is -0.0992. The van der Waals surface area contributed by atoms with Crippen LogP contribution < -0.4 is 4.57 Å². The molecule has 37 heavy (non-hydrogen) atoms. The number of rotatable bonds is 8. The number of carbonyl (C=O) groups excluding carboxylic acids is 5. The van der Waals surface area contributed by atoms with E-state index in [1.54, 1.807) is 45.3 Å². The standard InChI is InChI=1S/C25H34NO11/c1-14(27)32-13-19-20(34-15(2)28)21(35-16(3)29)22(36-17(4)30)23(37-19)26-10-8-9-18(11-26)12-33-24(31)25(5,6)7/h8-11,19-23H,12-13H2,1-7H3/q+1/t19-,20-,21+,22-,23+/m1/s1. The van der Waals surface area contributed by atoms with Crippen molar-refractivity contribution in [2.24, 2.45) is 5.41 Å². The molecule has 0 unspecified atom stereocenters. The molecule has 1 fully saturated rings. The van der Waals surface area contributed by atoms with Gasteiger partial charge in [0, 0.05) is 33.8 Å². The van der Waals surface area contributed by atoms with Crippen molar-refractivity contribution in [3.05, 3.63) is 30.1 Å². The van der Waals surface area contributed by atoms with Crippen LogP contribution in [0.1, 0.15) is 60.3 Å². The summed E-state index contributed by atoms with van der Waals surface area (Å²) in [6.45, 7) is 9.49. The predicted octanol–water partition coefficient (Wildman–Crippen LogP) is 1.32. The normalized spacial score (nSPS) is 23.4. The number of esters is 5. The molecule has 1 aliphatic heterocycles. The highest BCUT2D eigenvalue weighted by Gasteiger charge is 2.56. The van der Waals surface area contributed by atoms with Crippen LogP contribution in [-0.4, -0.2) is 60.9 Å². The van der Waals surface area contributed by atoms with Crippen molar-refractivity contribution >= 4 is 29.8 Å². The van der Waals surface area contributed by atoms with Gasteiger partial charge in [-0.25, -0.2) is 0 Å². The van der Waals surface area contributed by atoms with E-state index in [1.165, 1.54) is 18.4 Å². The Morgan fingerprint density at radius 2 is 1.41 bits per heavy atom. The van der Waals surface area contributed by atoms with E-state index in [0.29, 0.717) is 5.56 Å². The summed E-state index contributed by atoms with van der Waals surface area (Å²) in [7, 11) is 0. The minimum Gasteiger partial charge on any atom is -0.463 e. The van der Waals surface area contributed by atoms with Crippen LogP contribution in [0.3, 0.4) is 0 Å². The molecule has 1 saturated heterocycles. The van der Waals surface area contributed by atoms with Crippen molar-refractivity contribution in [3.63, 3.8) is 0 Å². The Balaban J connectivity index is 2.49. The van der Waals surface area contributed by atoms with E-state index < -0.39 is 65.9 Å². The van der Waals surface area contributed by atoms with Gasteiger partial charge in [-0.3, -0.25) is 24.0 Å². The molecule has 204 valence electrons. The Bertz CT molecular complexity index is 1020. The SMILES string of the molecule is CC(=O)OC[C@H]1O[C@H]([n+]2cccc(COC(=O)C(C)(C)C)c2)[C@H](OC(C)=O)[C@@H](OC(C)=O)[C@@H]1OC(C)=O. The van der Waals surface area contributed by atoms with Crippen LogP contribution >= 0.6 is 0 Å². The van der Waals surface area contributed by atoms with E-state index in [9.17, 15) is 24.0 Å². The second-order valence-electron chi connectivity index (χ2n) is 9.58. The zero-order valence-electron chi connectivity index (χ0n) is 22.0. The first-order chi connectivity index (χ1) is 17.2. The third kappa shape index (κ3) is 8.81. The lowest BCUT2D eigenvalue weighted by atomic mass is 9.97. The van der Waals surface area contributed by atoms with Crippen LogP contribution in [-0.2, 0) is 59.0 Å². The van der Waals surface area contributed by atoms with E-state index >= 15 is 0 Å². The van der Waals surface area contributed by atoms with Crippen molar-refractivity contribution in [1.29, 1.82) is 0 Å². The van der Waals surface area contributed by atoms with Crippen LogP contribution in [0.25, 0.3) is 0 Å². The quantitative estimate of drug-likeness (QED) is 0.276. The molecule has 2 heterocycles. The Hall–Kier alpha value is -3.54. The highest BCUT2D eigenvalue weighted by Crippen LogP contribution is 2.32. The zero-order chi connectivity index (χ0) is 27.9. The molecule has 12 nitrogen and oxygen atoms in total. The lowest BCUT2D eigenvalue weighted by molar-refractivity contribution is -0.777. The van der Waals surface area contributed by atoms with Crippen molar-refractivity contribution in [1.82, 2.24) is 0 Å². The maximum atomic E-state index is 12.2. The van der Waals surface area contributed by atoms with Gasteiger partial charge in [0.1, 0.15) is 19.3 Å². The molecular formula is C25H34NO11+. The maximum Gasteiger partial charge on any atom is 0.311 e. The molecule has 0 N–H and O–H groups in total. The largest absolute Gasteiger partial charge is 0.463 e. The summed E-state index contributed by atoms with van der Waals surface area (Å²) in [6.07, 6.45) is -2.76. The molecule has 2 rings (SSSR count). The third-order valence-corrected chi connectivity index (χ3v) is 5.13. The highest BCUT2D eigenvalue weighted by atomic mass is 16.7. The molecule has 12 heteroatoms. The minimum absolute atomic E-state index is 0.0395. The number of carbonyl (C=O) groups is 5. The molecule has 0 spiro atoms. The summed E-state index contributed by atoms with van der Waals surface area (Å²) < 4.78 is 34.5. The lowest BCUT2D eigenvalue weighted by Crippen LogP contribution is -2.65. The van der Waals surface area contributed by atoms with E-state index in [-0.39, 0.29) is 13.2 Å². The Morgan fingerprint density at radius 1 is 0.838 bits per heavy atom. The van der Waals surface area contributed by atoms with Gasteiger partial charge in [-0.05, 0) is 26.8 Å². The van der Waals surface area contributed by atoms with Gasteiger partial charge >= 0.3 is 36.1 Å². The number of hydrogen-bond donors (Lipinski definition) is 0. The van der Waals surface area contributed by atoms with Gasteiger partial charge in [0.2, 0.25) is 6.10 Å². The van der Waals surface area contributed by atoms with Gasteiger partial charge < -0.3 is 28.4 Å². The molecule has 0 bridgehead atoms. The van der Waals surface area contributed by atoms with Crippen molar-refractivity contribution in [3.8, 4) is 0 Å². The van der Waals surface area contributed by atoms with Crippen molar-refractivity contribution in [2.45, 2.75) is 85.7 Å². The first kappa shape index (κ1) is 29.7. The smallest absolute Gasteiger partial charge is 0.311 e. The summed E-state index contributed by atoms with van der Waals surface area (Å²) >= 11 is 0. The summed E-state index contributed by atoms with van der Waals surface area (Å²) in [5, 5.41) is 0. The molecule has 0 aromatic carbocycles. The fourth-order valence-electron chi connectivity index (χ4n) is 3.60. The van der Waals surface area contributed by atoms with E-state index in [2.05, 4.69) is 0 Å². The number of aromatic nitrogens is 1. The lowest BCUT2D eigenvalue weighted by Gasteiger charge is -2.41. The Kier molecular flexibility index (Phi) is 10.1. The Morgan fingerprint density at radius 3 is 1.95 bits per heavy atom. The molecule has 0 aliphatic carbocycles. The van der Waals surface area contributed by atoms with E-state index in [4.69, 9.17) is 28.4 Å². The van der Waals surface area contributed by atoms with Gasteiger partial charge in [-0.2, -0.15) is 4.57 Å². The second-order valence-corrected chi connectivity index (χ2v) is 9.58. The molecule has 1 aliphatic rings. The molecule has 0 radical (unpaired) electrons. The maximum absolute atomic E-state index is 12.2. The molecule has 1 aromatic heterocycles. The van der Waals surface area contributed by atoms with Gasteiger partial charge in [0.15, 0.2) is 24.6 Å². The monoisotopic (exact) mass is 524 g/mol. The zero-order valence-corrected chi connectivity index (χ0v) is 22.0. The average molecular weight is 525 g/mol. The predicted molar refractivity (Wildman–Crippen MR) is 123 cm³/mol. The number of nitrogens with zero attached hydrogens (tertiary/aromatic N) is 1. The molecular weight excluding hydrogens is 490 g/mol. The van der Waals surface area contributed by atoms with Gasteiger partial charge in [0.05, 0.1) is 11.0 Å². The summed E-state index contributed by atoms with van der Waals surface area (Å²) in [5.74, 6) is -3.14. The van der Waals surface area contributed by atoms with Gasteiger partial charge in [0.25, 0.3) is 0 Å². The average Bonchev–Trinajstić information content (AvgIpc) is 2.77. The van der Waals surface area contributed by atoms with Crippen LogP contribution in [0.2, 0.25) is 0 Å². The van der Waals surface area contributed by atoms with E-state index in [1.807, 2.05) is 0 Å². The van der Waals surface area contributed by atoms with Crippen LogP contribution in [0.15, 0.2) is 24.5 Å². The van der Waals surface area contributed by atoms with Crippen molar-refractivity contribution < 1.29 is 57.0 Å². The first-order valence-electron chi connectivity index (χ1n) is 11.7. The van der Waals surface area contributed by atoms with Crippen LogP contribution in [0.5, 0.6) is 0 Å². The van der Waals surface area contributed by atoms with Crippen LogP contribution in [0.4, 0.5) is 0 Å². The fourth-order valence-corrected chi connectivity index (χ4v) is 3.60. The minimum atomic E-state index is -1.29. The van der Waals surface area contributed by atoms with Crippen molar-refractivity contribution in [2.75, 3.05) is 6.61 Å². The van der Waals surface area contributed by atoms with Crippen LogP contribution in [0, 0.1) is 5.41 Å². The molecule has 0 saturated carbocycles. The third-order valence-electron chi connectivity index (χ3n) is 5.13. The Labute approximate surface area is 215 Å². The fraction of sp³-hybridized carbons (Fsp3) is 0.600. The molecule has 1 aromatic rings. The molecule has 0 amide bonds. The summed E-state index contributed by atoms with van der Waals surface area (Å²) in [6, 6.07) is 3.38. The van der Waals surface area contributed by atoms with Gasteiger partial charge in [-0.1, -0.05) is 0 Å². The number of hydrogen-bond acceptors (Lipinski definition) is 11. The summed E-state index contributed by atoms with van der Waals surface area (Å²) in [4.78, 5) is 59.6. The van der Waals surface area contributed by atoms with E-state index in [0.717, 1.165) is 13.8 Å². The first-order valence-corrected chi connectivity index (χ1v) is 11.7. The van der Waals surface area contributed by atoms with Gasteiger partial charge in [-0.15, -0.1) is 0 Å². The number of ether oxygens (including phenoxy) is 6.